The highest BCUT2D eigenvalue weighted by Crippen LogP contribution is 2.67. The van der Waals surface area contributed by atoms with Crippen LogP contribution in [0.5, 0.6) is 0 Å². The number of aryl methyl sites for hydroxylation is 1. The molecule has 3 saturated carbocycles. The highest BCUT2D eigenvalue weighted by molar-refractivity contribution is 5.76. The third kappa shape index (κ3) is 4.64. The average Bonchev–Trinajstić information content (AvgIpc) is 3.50. The Morgan fingerprint density at radius 3 is 2.72 bits per heavy atom. The molecule has 0 spiro atoms. The molecule has 1 aromatic heterocycles. The summed E-state index contributed by atoms with van der Waals surface area (Å²) >= 11 is 0. The second kappa shape index (κ2) is 10.2. The Hall–Kier alpha value is -1.89. The number of allylic oxidation sites excluding steroid dienone is 1. The molecule has 2 heterocycles. The number of rotatable bonds is 5. The van der Waals surface area contributed by atoms with Crippen LogP contribution in [0.25, 0.3) is 0 Å². The first kappa shape index (κ1) is 27.3. The van der Waals surface area contributed by atoms with Crippen LogP contribution in [0.15, 0.2) is 16.1 Å². The summed E-state index contributed by atoms with van der Waals surface area (Å²) in [7, 11) is 0. The van der Waals surface area contributed by atoms with Crippen molar-refractivity contribution in [2.75, 3.05) is 24.5 Å². The van der Waals surface area contributed by atoms with E-state index in [1.807, 2.05) is 6.92 Å². The average molecular weight is 539 g/mol. The molecule has 6 rings (SSSR count). The predicted molar refractivity (Wildman–Crippen MR) is 152 cm³/mol. The number of anilines is 1. The molecule has 4 aliphatic carbocycles. The lowest BCUT2D eigenvalue weighted by Crippen LogP contribution is -2.54. The highest BCUT2D eigenvalue weighted by atomic mass is 16.4. The molecule has 1 N–H and O–H groups in total. The molecule has 216 valence electrons. The van der Waals surface area contributed by atoms with Crippen molar-refractivity contribution < 1.29 is 14.3 Å². The zero-order chi connectivity index (χ0) is 27.5. The number of hydrogen-bond acceptors (Lipinski definition) is 6. The topological polar surface area (TPSA) is 82.7 Å². The SMILES string of the molecule is Cc1nnc(N2CCN(C(=O)CCC(C)[C@H]3CC[C@H]4[C@@H]5CC=C6C[C@@H](O)CC[C@]6(C)[C@H]5CC[C@]34C)C(C)C2)o1. The van der Waals surface area contributed by atoms with Crippen molar-refractivity contribution in [2.45, 2.75) is 111 Å². The van der Waals surface area contributed by atoms with Crippen LogP contribution in [0.3, 0.4) is 0 Å². The summed E-state index contributed by atoms with van der Waals surface area (Å²) in [6, 6.07) is 0.711. The molecule has 1 aliphatic heterocycles. The van der Waals surface area contributed by atoms with Crippen LogP contribution in [-0.2, 0) is 4.79 Å². The fraction of sp³-hybridized carbons (Fsp3) is 0.844. The van der Waals surface area contributed by atoms with Gasteiger partial charge in [-0.1, -0.05) is 37.5 Å². The lowest BCUT2D eigenvalue weighted by molar-refractivity contribution is -0.134. The Kier molecular flexibility index (Phi) is 7.13. The van der Waals surface area contributed by atoms with E-state index in [2.05, 4.69) is 53.8 Å². The van der Waals surface area contributed by atoms with Crippen molar-refractivity contribution in [3.05, 3.63) is 17.5 Å². The van der Waals surface area contributed by atoms with E-state index < -0.39 is 0 Å². The van der Waals surface area contributed by atoms with Gasteiger partial charge in [0, 0.05) is 39.0 Å². The highest BCUT2D eigenvalue weighted by Gasteiger charge is 2.59. The maximum atomic E-state index is 13.3. The number of carbonyl (C=O) groups is 1. The molecule has 9 atom stereocenters. The molecule has 39 heavy (non-hydrogen) atoms. The van der Waals surface area contributed by atoms with Gasteiger partial charge in [0.25, 0.3) is 0 Å². The fourth-order valence-corrected chi connectivity index (χ4v) is 10.2. The molecular weight excluding hydrogens is 488 g/mol. The van der Waals surface area contributed by atoms with Gasteiger partial charge in [0.05, 0.1) is 6.10 Å². The number of aliphatic hydroxyl groups is 1. The molecule has 0 aromatic carbocycles. The van der Waals surface area contributed by atoms with Crippen molar-refractivity contribution in [3.63, 3.8) is 0 Å². The summed E-state index contributed by atoms with van der Waals surface area (Å²) in [5.74, 6) is 4.57. The molecule has 5 aliphatic rings. The standard InChI is InChI=1S/C32H50N4O3/c1-20(6-11-29(38)36-17-16-35(19-21(36)2)30-34-33-22(3)39-30)26-9-10-27-25-8-7-23-18-24(37)12-14-31(23,4)28(25)13-15-32(26,27)5/h7,20-21,24-28,37H,6,8-19H2,1-5H3/t20?,21?,24-,25-,26+,27-,28-,31-,32+/m0/s1. The number of carbonyl (C=O) groups excluding carboxylic acids is 1. The zero-order valence-electron chi connectivity index (χ0n) is 24.9. The fourth-order valence-electron chi connectivity index (χ4n) is 10.2. The van der Waals surface area contributed by atoms with Gasteiger partial charge >= 0.3 is 6.01 Å². The van der Waals surface area contributed by atoms with E-state index in [-0.39, 0.29) is 12.1 Å². The van der Waals surface area contributed by atoms with Crippen LogP contribution in [0.4, 0.5) is 6.01 Å². The van der Waals surface area contributed by atoms with Gasteiger partial charge in [-0.15, -0.1) is 5.10 Å². The van der Waals surface area contributed by atoms with E-state index in [1.54, 1.807) is 5.57 Å². The Labute approximate surface area is 234 Å². The Bertz CT molecular complexity index is 1100. The molecular formula is C32H50N4O3. The smallest absolute Gasteiger partial charge is 0.318 e. The quantitative estimate of drug-likeness (QED) is 0.479. The maximum Gasteiger partial charge on any atom is 0.318 e. The predicted octanol–water partition coefficient (Wildman–Crippen LogP) is 5.77. The molecule has 4 fully saturated rings. The second-order valence-electron chi connectivity index (χ2n) is 14.4. The van der Waals surface area contributed by atoms with Crippen LogP contribution in [0.1, 0.15) is 97.8 Å². The largest absolute Gasteiger partial charge is 0.408 e. The monoisotopic (exact) mass is 538 g/mol. The minimum Gasteiger partial charge on any atom is -0.408 e. The van der Waals surface area contributed by atoms with Gasteiger partial charge in [0.15, 0.2) is 0 Å². The summed E-state index contributed by atoms with van der Waals surface area (Å²) in [5.41, 5.74) is 2.28. The van der Waals surface area contributed by atoms with Crippen LogP contribution < -0.4 is 4.90 Å². The van der Waals surface area contributed by atoms with E-state index >= 15 is 0 Å². The number of aromatic nitrogens is 2. The van der Waals surface area contributed by atoms with Gasteiger partial charge < -0.3 is 19.3 Å². The Morgan fingerprint density at radius 1 is 1.15 bits per heavy atom. The molecule has 2 unspecified atom stereocenters. The molecule has 1 aromatic rings. The minimum absolute atomic E-state index is 0.129. The van der Waals surface area contributed by atoms with Crippen molar-refractivity contribution in [1.29, 1.82) is 0 Å². The van der Waals surface area contributed by atoms with E-state index in [0.717, 1.165) is 62.4 Å². The summed E-state index contributed by atoms with van der Waals surface area (Å²) in [4.78, 5) is 17.5. The zero-order valence-corrected chi connectivity index (χ0v) is 24.9. The molecule has 0 radical (unpaired) electrons. The van der Waals surface area contributed by atoms with Gasteiger partial charge in [-0.2, -0.15) is 0 Å². The summed E-state index contributed by atoms with van der Waals surface area (Å²) in [5, 5.41) is 18.4. The van der Waals surface area contributed by atoms with Crippen molar-refractivity contribution in [1.82, 2.24) is 15.1 Å². The summed E-state index contributed by atoms with van der Waals surface area (Å²) in [6.07, 6.45) is 13.7. The number of nitrogens with zero attached hydrogens (tertiary/aromatic N) is 4. The number of piperazine rings is 1. The second-order valence-corrected chi connectivity index (χ2v) is 14.4. The Morgan fingerprint density at radius 2 is 1.97 bits per heavy atom. The van der Waals surface area contributed by atoms with Gasteiger partial charge in [0.1, 0.15) is 0 Å². The van der Waals surface area contributed by atoms with Crippen LogP contribution >= 0.6 is 0 Å². The number of hydrogen-bond donors (Lipinski definition) is 1. The lowest BCUT2D eigenvalue weighted by Gasteiger charge is -2.58. The molecule has 7 heteroatoms. The maximum absolute atomic E-state index is 13.3. The molecule has 0 bridgehead atoms. The number of aliphatic hydroxyl groups excluding tert-OH is 1. The normalized spacial score (nSPS) is 40.9. The first-order valence-electron chi connectivity index (χ1n) is 15.8. The molecule has 1 saturated heterocycles. The summed E-state index contributed by atoms with van der Waals surface area (Å²) < 4.78 is 5.61. The van der Waals surface area contributed by atoms with Crippen molar-refractivity contribution in [2.24, 2.45) is 40.4 Å². The number of fused-ring (bicyclic) bond motifs is 5. The molecule has 1 amide bonds. The van der Waals surface area contributed by atoms with E-state index in [0.29, 0.717) is 47.5 Å². The van der Waals surface area contributed by atoms with Gasteiger partial charge in [0.2, 0.25) is 11.8 Å². The Balaban J connectivity index is 1.06. The lowest BCUT2D eigenvalue weighted by atomic mass is 9.47. The first-order chi connectivity index (χ1) is 18.6. The third-order valence-electron chi connectivity index (χ3n) is 12.4. The van der Waals surface area contributed by atoms with Gasteiger partial charge in [-0.05, 0) is 105 Å². The number of amides is 1. The van der Waals surface area contributed by atoms with Crippen LogP contribution in [0.2, 0.25) is 0 Å². The van der Waals surface area contributed by atoms with Crippen molar-refractivity contribution >= 4 is 11.9 Å². The first-order valence-corrected chi connectivity index (χ1v) is 15.8. The van der Waals surface area contributed by atoms with Crippen LogP contribution in [-0.4, -0.2) is 57.9 Å². The minimum atomic E-state index is -0.129. The molecule has 7 nitrogen and oxygen atoms in total. The van der Waals surface area contributed by atoms with E-state index in [4.69, 9.17) is 4.42 Å². The van der Waals surface area contributed by atoms with Gasteiger partial charge in [-0.25, -0.2) is 0 Å². The van der Waals surface area contributed by atoms with E-state index in [9.17, 15) is 9.90 Å². The van der Waals surface area contributed by atoms with Gasteiger partial charge in [-0.3, -0.25) is 4.79 Å². The third-order valence-corrected chi connectivity index (χ3v) is 12.4. The van der Waals surface area contributed by atoms with Crippen molar-refractivity contribution in [3.8, 4) is 0 Å². The van der Waals surface area contributed by atoms with E-state index in [1.165, 1.54) is 32.1 Å². The summed E-state index contributed by atoms with van der Waals surface area (Å²) in [6.45, 7) is 13.7. The van der Waals surface area contributed by atoms with Crippen LogP contribution in [0, 0.1) is 47.3 Å².